The third kappa shape index (κ3) is 21.1. The van der Waals surface area contributed by atoms with Crippen LogP contribution in [0.2, 0.25) is 10.0 Å². The summed E-state index contributed by atoms with van der Waals surface area (Å²) in [7, 11) is 0. The molecule has 436 valence electrons. The SMILES string of the molecule is CCCCCCCCCCCCc1c2ccccc2c(CCCCCCCCCCCC)c2c(Oc3c(Cl)ccc4c(CCCCCCCCCCCC)c5ccccc5c(CCCCCCCCCCCC)c34)c(Cl)ccc12. The molecule has 0 unspecified atom stereocenters. The lowest BCUT2D eigenvalue weighted by Crippen LogP contribution is -2.02. The molecule has 0 bridgehead atoms. The molecule has 0 aliphatic heterocycles. The zero-order valence-corrected chi connectivity index (χ0v) is 52.7. The second-order valence-electron chi connectivity index (χ2n) is 24.4. The highest BCUT2D eigenvalue weighted by Crippen LogP contribution is 2.49. The number of fused-ring (bicyclic) bond motifs is 4. The van der Waals surface area contributed by atoms with E-state index >= 15 is 0 Å². The first-order valence-electron chi connectivity index (χ1n) is 34.0. The Bertz CT molecular complexity index is 2430. The number of hydrogen-bond acceptors (Lipinski definition) is 1. The second-order valence-corrected chi connectivity index (χ2v) is 25.2. The third-order valence-electron chi connectivity index (χ3n) is 18.0. The van der Waals surface area contributed by atoms with Crippen LogP contribution >= 0.6 is 23.2 Å². The Kier molecular flexibility index (Phi) is 32.3. The van der Waals surface area contributed by atoms with Gasteiger partial charge in [-0.05, 0) is 118 Å². The molecule has 0 saturated carbocycles. The molecule has 6 aromatic carbocycles. The van der Waals surface area contributed by atoms with Gasteiger partial charge in [0.2, 0.25) is 0 Å². The Morgan fingerprint density at radius 1 is 0.241 bits per heavy atom. The zero-order chi connectivity index (χ0) is 55.5. The summed E-state index contributed by atoms with van der Waals surface area (Å²) in [4.78, 5) is 0. The second kappa shape index (κ2) is 39.3. The molecule has 0 saturated heterocycles. The molecule has 0 fully saturated rings. The maximum absolute atomic E-state index is 7.70. The minimum atomic E-state index is 0.674. The van der Waals surface area contributed by atoms with Gasteiger partial charge < -0.3 is 4.74 Å². The Morgan fingerprint density at radius 3 is 0.709 bits per heavy atom. The van der Waals surface area contributed by atoms with Crippen molar-refractivity contribution in [2.45, 2.75) is 310 Å². The first-order chi connectivity index (χ1) is 39.0. The number of hydrogen-bond donors (Lipinski definition) is 0. The van der Waals surface area contributed by atoms with Crippen molar-refractivity contribution >= 4 is 66.3 Å². The predicted molar refractivity (Wildman–Crippen MR) is 355 cm³/mol. The lowest BCUT2D eigenvalue weighted by atomic mass is 9.86. The quantitative estimate of drug-likeness (QED) is 0.0273. The molecular formula is C76H112Cl2O. The smallest absolute Gasteiger partial charge is 0.154 e. The fraction of sp³-hybridized carbons (Fsp3) is 0.632. The van der Waals surface area contributed by atoms with Gasteiger partial charge in [0.05, 0.1) is 10.0 Å². The van der Waals surface area contributed by atoms with Gasteiger partial charge in [-0.15, -0.1) is 0 Å². The highest BCUT2D eigenvalue weighted by atomic mass is 35.5. The lowest BCUT2D eigenvalue weighted by molar-refractivity contribution is 0.493. The van der Waals surface area contributed by atoms with Crippen molar-refractivity contribution in [1.82, 2.24) is 0 Å². The molecule has 0 aliphatic carbocycles. The van der Waals surface area contributed by atoms with Gasteiger partial charge in [-0.3, -0.25) is 0 Å². The summed E-state index contributed by atoms with van der Waals surface area (Å²) >= 11 is 15.3. The third-order valence-corrected chi connectivity index (χ3v) is 18.5. The molecule has 0 spiro atoms. The molecule has 0 amide bonds. The molecule has 1 nitrogen and oxygen atoms in total. The first-order valence-corrected chi connectivity index (χ1v) is 34.8. The standard InChI is InChI=1S/C76H112Cl2O/c1-5-9-13-17-21-25-29-33-37-41-49-65-61-51-45-47-53-63(61)67(55-43-39-35-31-27-23-19-15-11-7-3)73-69(65)57-59-71(77)75(73)79-76-72(78)60-58-70-66(50-42-38-34-30-26-22-18-14-10-6-2)62-52-46-48-54-64(62)68(74(70)76)56-44-40-36-32-28-24-20-16-12-8-4/h45-48,51-54,57-60H,5-44,49-50,55-56H2,1-4H3. The van der Waals surface area contributed by atoms with Crippen molar-refractivity contribution in [3.63, 3.8) is 0 Å². The van der Waals surface area contributed by atoms with Crippen LogP contribution in [0.4, 0.5) is 0 Å². The molecule has 0 atom stereocenters. The van der Waals surface area contributed by atoms with E-state index in [1.165, 1.54) is 309 Å². The van der Waals surface area contributed by atoms with E-state index in [0.717, 1.165) is 50.0 Å². The summed E-state index contributed by atoms with van der Waals surface area (Å²) in [5.74, 6) is 1.58. The van der Waals surface area contributed by atoms with E-state index in [0.29, 0.717) is 10.0 Å². The zero-order valence-electron chi connectivity index (χ0n) is 51.2. The average molecular weight is 1110 g/mol. The van der Waals surface area contributed by atoms with E-state index in [4.69, 9.17) is 27.9 Å². The molecule has 0 aromatic heterocycles. The highest BCUT2D eigenvalue weighted by Gasteiger charge is 2.24. The number of unbranched alkanes of at least 4 members (excludes halogenated alkanes) is 36. The van der Waals surface area contributed by atoms with Gasteiger partial charge in [0.15, 0.2) is 11.5 Å². The van der Waals surface area contributed by atoms with Crippen LogP contribution in [-0.4, -0.2) is 0 Å². The fourth-order valence-electron chi connectivity index (χ4n) is 13.3. The van der Waals surface area contributed by atoms with Crippen LogP contribution in [0.15, 0.2) is 72.8 Å². The summed E-state index contributed by atoms with van der Waals surface area (Å²) < 4.78 is 7.70. The number of ether oxygens (including phenoxy) is 1. The largest absolute Gasteiger partial charge is 0.453 e. The Hall–Kier alpha value is -3.26. The van der Waals surface area contributed by atoms with E-state index in [9.17, 15) is 0 Å². The summed E-state index contributed by atoms with van der Waals surface area (Å²) in [6.45, 7) is 9.25. The molecule has 0 aliphatic rings. The minimum Gasteiger partial charge on any atom is -0.453 e. The maximum Gasteiger partial charge on any atom is 0.154 e. The van der Waals surface area contributed by atoms with Gasteiger partial charge >= 0.3 is 0 Å². The minimum absolute atomic E-state index is 0.674. The van der Waals surface area contributed by atoms with Gasteiger partial charge in [0.25, 0.3) is 0 Å². The van der Waals surface area contributed by atoms with Gasteiger partial charge in [-0.2, -0.15) is 0 Å². The van der Waals surface area contributed by atoms with E-state index in [1.807, 2.05) is 0 Å². The van der Waals surface area contributed by atoms with E-state index < -0.39 is 0 Å². The van der Waals surface area contributed by atoms with Crippen LogP contribution in [0.25, 0.3) is 43.1 Å². The fourth-order valence-corrected chi connectivity index (χ4v) is 13.7. The van der Waals surface area contributed by atoms with Crippen molar-refractivity contribution < 1.29 is 4.74 Å². The summed E-state index contributed by atoms with van der Waals surface area (Å²) in [6.07, 6.45) is 57.4. The Morgan fingerprint density at radius 2 is 0.456 bits per heavy atom. The molecule has 6 rings (SSSR count). The van der Waals surface area contributed by atoms with E-state index in [-0.39, 0.29) is 0 Å². The van der Waals surface area contributed by atoms with Crippen molar-refractivity contribution in [2.24, 2.45) is 0 Å². The summed E-state index contributed by atoms with van der Waals surface area (Å²) in [5, 5.41) is 11.9. The van der Waals surface area contributed by atoms with Gasteiger partial charge in [0.1, 0.15) is 0 Å². The van der Waals surface area contributed by atoms with Crippen LogP contribution in [0.3, 0.4) is 0 Å². The number of aryl methyl sites for hydroxylation is 4. The van der Waals surface area contributed by atoms with Gasteiger partial charge in [0, 0.05) is 10.8 Å². The average Bonchev–Trinajstić information content (AvgIpc) is 3.66. The molecule has 0 heterocycles. The molecule has 6 aromatic rings. The number of benzene rings is 6. The van der Waals surface area contributed by atoms with E-state index in [2.05, 4.69) is 100 Å². The molecule has 0 radical (unpaired) electrons. The number of halogens is 2. The number of rotatable bonds is 46. The first kappa shape index (κ1) is 64.9. The van der Waals surface area contributed by atoms with Gasteiger partial charge in [-0.1, -0.05) is 343 Å². The van der Waals surface area contributed by atoms with Crippen LogP contribution in [0.5, 0.6) is 11.5 Å². The maximum atomic E-state index is 7.70. The monoisotopic (exact) mass is 1110 g/mol. The predicted octanol–water partition coefficient (Wildman–Crippen LogP) is 27.3. The van der Waals surface area contributed by atoms with Crippen LogP contribution in [-0.2, 0) is 25.7 Å². The molecular weight excluding hydrogens is 1000 g/mol. The lowest BCUT2D eigenvalue weighted by Gasteiger charge is -2.23. The Balaban J connectivity index is 1.37. The van der Waals surface area contributed by atoms with Crippen molar-refractivity contribution in [3.8, 4) is 11.5 Å². The van der Waals surface area contributed by atoms with E-state index in [1.54, 1.807) is 0 Å². The van der Waals surface area contributed by atoms with Crippen molar-refractivity contribution in [3.05, 3.63) is 105 Å². The topological polar surface area (TPSA) is 9.23 Å². The van der Waals surface area contributed by atoms with Crippen LogP contribution in [0.1, 0.15) is 307 Å². The van der Waals surface area contributed by atoms with Crippen LogP contribution < -0.4 is 4.74 Å². The molecule has 79 heavy (non-hydrogen) atoms. The normalized spacial score (nSPS) is 11.9. The van der Waals surface area contributed by atoms with Crippen LogP contribution in [0, 0.1) is 0 Å². The molecule has 0 N–H and O–H groups in total. The summed E-state index contributed by atoms with van der Waals surface area (Å²) in [6, 6.07) is 27.6. The molecule has 3 heteroatoms. The van der Waals surface area contributed by atoms with Crippen molar-refractivity contribution in [2.75, 3.05) is 0 Å². The summed E-state index contributed by atoms with van der Waals surface area (Å²) in [5.41, 5.74) is 5.69. The highest BCUT2D eigenvalue weighted by molar-refractivity contribution is 6.35. The van der Waals surface area contributed by atoms with Gasteiger partial charge in [-0.25, -0.2) is 0 Å². The Labute approximate surface area is 494 Å². The van der Waals surface area contributed by atoms with Crippen molar-refractivity contribution in [1.29, 1.82) is 0 Å².